The average molecular weight is 468 g/mol. The van der Waals surface area contributed by atoms with Crippen molar-refractivity contribution < 1.29 is 9.53 Å². The summed E-state index contributed by atoms with van der Waals surface area (Å²) in [5.41, 5.74) is 1.68. The normalized spacial score (nSPS) is 22.5. The number of nitrogens with zero attached hydrogens (tertiary/aromatic N) is 3. The standard InChI is InChI=1S/C16H29NO.C11H10N2O.C2H6/c1-3-11-18-16-9-6-10-17(13-16)12-15-8-5-4-7-14(15)2;1-9(14)10-3-5-11(6-4-10)13-8-2-7-12-13;1-2/h3,14-16H,1,4-13H2,2H3;2-8H,1H3;1-2H3/t14?,15-,16?;;/m0../s1. The molecular formula is C29H45N3O2. The summed E-state index contributed by atoms with van der Waals surface area (Å²) in [5.74, 6) is 1.93. The molecule has 0 N–H and O–H groups in total. The molecule has 2 aliphatic rings. The summed E-state index contributed by atoms with van der Waals surface area (Å²) in [4.78, 5) is 13.7. The Morgan fingerprint density at radius 2 is 1.88 bits per heavy atom. The molecule has 0 bridgehead atoms. The Morgan fingerprint density at radius 1 is 1.15 bits per heavy atom. The zero-order valence-electron chi connectivity index (χ0n) is 21.8. The van der Waals surface area contributed by atoms with Crippen molar-refractivity contribution in [1.29, 1.82) is 0 Å². The van der Waals surface area contributed by atoms with Gasteiger partial charge in [0.05, 0.1) is 18.4 Å². The molecule has 2 heterocycles. The quantitative estimate of drug-likeness (QED) is 0.341. The highest BCUT2D eigenvalue weighted by Crippen LogP contribution is 2.31. The van der Waals surface area contributed by atoms with Crippen molar-refractivity contribution in [3.8, 4) is 5.69 Å². The van der Waals surface area contributed by atoms with Crippen LogP contribution < -0.4 is 0 Å². The maximum Gasteiger partial charge on any atom is 0.159 e. The van der Waals surface area contributed by atoms with Crippen LogP contribution in [-0.4, -0.2) is 52.8 Å². The van der Waals surface area contributed by atoms with E-state index in [0.29, 0.717) is 12.7 Å². The molecule has 0 amide bonds. The summed E-state index contributed by atoms with van der Waals surface area (Å²) in [6.07, 6.45) is 14.2. The van der Waals surface area contributed by atoms with Crippen molar-refractivity contribution in [3.63, 3.8) is 0 Å². The highest BCUT2D eigenvalue weighted by atomic mass is 16.5. The lowest BCUT2D eigenvalue weighted by Crippen LogP contribution is -2.43. The van der Waals surface area contributed by atoms with Gasteiger partial charge in [0, 0.05) is 31.0 Å². The first kappa shape index (κ1) is 28.0. The van der Waals surface area contributed by atoms with E-state index in [1.54, 1.807) is 29.9 Å². The summed E-state index contributed by atoms with van der Waals surface area (Å²) in [7, 11) is 0. The molecule has 1 aromatic carbocycles. The minimum Gasteiger partial charge on any atom is -0.373 e. The minimum absolute atomic E-state index is 0.0806. The molecule has 1 saturated heterocycles. The molecule has 3 atom stereocenters. The number of carbonyl (C=O) groups is 1. The molecule has 1 aliphatic heterocycles. The van der Waals surface area contributed by atoms with Crippen LogP contribution in [0.4, 0.5) is 0 Å². The summed E-state index contributed by atoms with van der Waals surface area (Å²) in [6.45, 7) is 16.1. The van der Waals surface area contributed by atoms with Gasteiger partial charge in [-0.25, -0.2) is 4.68 Å². The van der Waals surface area contributed by atoms with Crippen molar-refractivity contribution >= 4 is 5.78 Å². The molecule has 2 unspecified atom stereocenters. The molecule has 0 spiro atoms. The van der Waals surface area contributed by atoms with Gasteiger partial charge in [-0.15, -0.1) is 6.58 Å². The molecule has 2 aromatic rings. The van der Waals surface area contributed by atoms with E-state index in [1.807, 2.05) is 44.3 Å². The second-order valence-corrected chi connectivity index (χ2v) is 9.22. The second-order valence-electron chi connectivity index (χ2n) is 9.22. The number of aromatic nitrogens is 2. The van der Waals surface area contributed by atoms with Crippen molar-refractivity contribution in [1.82, 2.24) is 14.7 Å². The Bertz CT molecular complexity index is 816. The maximum atomic E-state index is 11.0. The number of Topliss-reactive ketones (excluding diaryl/α,β-unsaturated/α-hetero) is 1. The Balaban J connectivity index is 0.000000230. The lowest BCUT2D eigenvalue weighted by atomic mass is 9.80. The first-order valence-corrected chi connectivity index (χ1v) is 13.1. The van der Waals surface area contributed by atoms with Gasteiger partial charge >= 0.3 is 0 Å². The van der Waals surface area contributed by atoms with Gasteiger partial charge in [-0.2, -0.15) is 5.10 Å². The second kappa shape index (κ2) is 15.6. The van der Waals surface area contributed by atoms with E-state index in [0.717, 1.165) is 29.6 Å². The van der Waals surface area contributed by atoms with Crippen molar-refractivity contribution in [3.05, 3.63) is 60.9 Å². The Labute approximate surface area is 207 Å². The van der Waals surface area contributed by atoms with Crippen LogP contribution in [0.15, 0.2) is 55.4 Å². The molecule has 0 radical (unpaired) electrons. The van der Waals surface area contributed by atoms with E-state index in [4.69, 9.17) is 4.74 Å². The van der Waals surface area contributed by atoms with Gasteiger partial charge in [0.2, 0.25) is 0 Å². The van der Waals surface area contributed by atoms with Crippen LogP contribution in [0.1, 0.15) is 76.6 Å². The maximum absolute atomic E-state index is 11.0. The lowest BCUT2D eigenvalue weighted by molar-refractivity contribution is 0.00402. The molecule has 2 fully saturated rings. The van der Waals surface area contributed by atoms with Crippen LogP contribution in [-0.2, 0) is 4.74 Å². The van der Waals surface area contributed by atoms with E-state index >= 15 is 0 Å². The number of carbonyl (C=O) groups excluding carboxylic acids is 1. The van der Waals surface area contributed by atoms with E-state index in [1.165, 1.54) is 51.6 Å². The van der Waals surface area contributed by atoms with Crippen LogP contribution in [0.3, 0.4) is 0 Å². The minimum atomic E-state index is 0.0806. The summed E-state index contributed by atoms with van der Waals surface area (Å²) in [6, 6.07) is 9.23. The summed E-state index contributed by atoms with van der Waals surface area (Å²) < 4.78 is 7.57. The molecular weight excluding hydrogens is 422 g/mol. The number of benzene rings is 1. The van der Waals surface area contributed by atoms with E-state index in [2.05, 4.69) is 23.5 Å². The fourth-order valence-corrected chi connectivity index (χ4v) is 4.79. The molecule has 4 rings (SSSR count). The predicted molar refractivity (Wildman–Crippen MR) is 142 cm³/mol. The lowest BCUT2D eigenvalue weighted by Gasteiger charge is -2.38. The average Bonchev–Trinajstić information content (AvgIpc) is 3.41. The monoisotopic (exact) mass is 467 g/mol. The van der Waals surface area contributed by atoms with Gasteiger partial charge in [-0.05, 0) is 74.9 Å². The Hall–Kier alpha value is -2.24. The number of piperidine rings is 1. The first-order valence-electron chi connectivity index (χ1n) is 13.1. The molecule has 1 saturated carbocycles. The topological polar surface area (TPSA) is 47.4 Å². The third kappa shape index (κ3) is 9.19. The van der Waals surface area contributed by atoms with Crippen LogP contribution in [0, 0.1) is 11.8 Å². The molecule has 34 heavy (non-hydrogen) atoms. The SMILES string of the molecule is C=CCOC1CCCN(C[C@@H]2CCCCC2C)C1.CC.CC(=O)c1ccc(-n2cccn2)cc1. The third-order valence-electron chi connectivity index (χ3n) is 6.74. The van der Waals surface area contributed by atoms with Crippen molar-refractivity contribution in [2.24, 2.45) is 11.8 Å². The van der Waals surface area contributed by atoms with Gasteiger partial charge in [0.1, 0.15) is 0 Å². The van der Waals surface area contributed by atoms with E-state index in [9.17, 15) is 4.79 Å². The summed E-state index contributed by atoms with van der Waals surface area (Å²) >= 11 is 0. The van der Waals surface area contributed by atoms with Crippen LogP contribution in [0.2, 0.25) is 0 Å². The predicted octanol–water partition coefficient (Wildman–Crippen LogP) is 6.58. The van der Waals surface area contributed by atoms with Crippen molar-refractivity contribution in [2.45, 2.75) is 72.3 Å². The molecule has 1 aromatic heterocycles. The van der Waals surface area contributed by atoms with Crippen molar-refractivity contribution in [2.75, 3.05) is 26.2 Å². The van der Waals surface area contributed by atoms with Crippen LogP contribution in [0.5, 0.6) is 0 Å². The highest BCUT2D eigenvalue weighted by molar-refractivity contribution is 5.94. The number of ketones is 1. The van der Waals surface area contributed by atoms with E-state index in [-0.39, 0.29) is 5.78 Å². The number of hydrogen-bond acceptors (Lipinski definition) is 4. The third-order valence-corrected chi connectivity index (χ3v) is 6.74. The zero-order chi connectivity index (χ0) is 24.8. The smallest absolute Gasteiger partial charge is 0.159 e. The van der Waals surface area contributed by atoms with Crippen LogP contribution in [0.25, 0.3) is 5.69 Å². The molecule has 5 nitrogen and oxygen atoms in total. The number of likely N-dealkylation sites (tertiary alicyclic amines) is 1. The zero-order valence-corrected chi connectivity index (χ0v) is 21.8. The highest BCUT2D eigenvalue weighted by Gasteiger charge is 2.26. The van der Waals surface area contributed by atoms with Gasteiger partial charge < -0.3 is 9.64 Å². The van der Waals surface area contributed by atoms with Crippen LogP contribution >= 0.6 is 0 Å². The molecule has 5 heteroatoms. The summed E-state index contributed by atoms with van der Waals surface area (Å²) in [5, 5.41) is 4.09. The fraction of sp³-hybridized carbons (Fsp3) is 0.586. The Kier molecular flexibility index (Phi) is 12.9. The number of rotatable bonds is 7. The van der Waals surface area contributed by atoms with Gasteiger partial charge in [-0.1, -0.05) is 46.1 Å². The Morgan fingerprint density at radius 3 is 2.50 bits per heavy atom. The van der Waals surface area contributed by atoms with E-state index < -0.39 is 0 Å². The molecule has 188 valence electrons. The van der Waals surface area contributed by atoms with Gasteiger partial charge in [-0.3, -0.25) is 4.79 Å². The fourth-order valence-electron chi connectivity index (χ4n) is 4.79. The van der Waals surface area contributed by atoms with Gasteiger partial charge in [0.15, 0.2) is 5.78 Å². The number of ether oxygens (including phenoxy) is 1. The largest absolute Gasteiger partial charge is 0.373 e. The number of hydrogen-bond donors (Lipinski definition) is 0. The van der Waals surface area contributed by atoms with Gasteiger partial charge in [0.25, 0.3) is 0 Å². The first-order chi connectivity index (χ1) is 16.6. The molecule has 1 aliphatic carbocycles.